The molecule has 78 valence electrons. The van der Waals surface area contributed by atoms with Crippen molar-refractivity contribution in [1.29, 1.82) is 0 Å². The Labute approximate surface area is 96.2 Å². The van der Waals surface area contributed by atoms with Crippen LogP contribution >= 0.6 is 15.9 Å². The van der Waals surface area contributed by atoms with Crippen LogP contribution in [0.1, 0.15) is 12.5 Å². The summed E-state index contributed by atoms with van der Waals surface area (Å²) in [5, 5.41) is 5.62. The maximum Gasteiger partial charge on any atom is 0.0828 e. The van der Waals surface area contributed by atoms with Gasteiger partial charge in [0, 0.05) is 16.5 Å². The third-order valence-corrected chi connectivity index (χ3v) is 3.46. The third kappa shape index (κ3) is 1.48. The van der Waals surface area contributed by atoms with Gasteiger partial charge < -0.3 is 4.74 Å². The van der Waals surface area contributed by atoms with Crippen LogP contribution in [0.5, 0.6) is 0 Å². The molecular weight excluding hydrogens is 256 g/mol. The lowest BCUT2D eigenvalue weighted by atomic mass is 10.2. The summed E-state index contributed by atoms with van der Waals surface area (Å²) in [5.74, 6) is 0. The lowest BCUT2D eigenvalue weighted by Crippen LogP contribution is -2.10. The molecule has 3 rings (SSSR count). The number of benzene rings is 1. The fourth-order valence-electron chi connectivity index (χ4n) is 2.05. The van der Waals surface area contributed by atoms with Crippen LogP contribution in [-0.4, -0.2) is 23.0 Å². The van der Waals surface area contributed by atoms with Crippen molar-refractivity contribution in [1.82, 2.24) is 9.78 Å². The molecule has 1 aromatic heterocycles. The van der Waals surface area contributed by atoms with Crippen LogP contribution in [0.2, 0.25) is 0 Å². The van der Waals surface area contributed by atoms with Crippen LogP contribution in [0.3, 0.4) is 0 Å². The summed E-state index contributed by atoms with van der Waals surface area (Å²) >= 11 is 3.57. The van der Waals surface area contributed by atoms with Crippen LogP contribution in [0.25, 0.3) is 10.9 Å². The summed E-state index contributed by atoms with van der Waals surface area (Å²) in [7, 11) is 0. The zero-order valence-electron chi connectivity index (χ0n) is 8.19. The smallest absolute Gasteiger partial charge is 0.0828 e. The molecular formula is C11H11BrN2O. The molecule has 1 fully saturated rings. The first-order valence-corrected chi connectivity index (χ1v) is 5.85. The van der Waals surface area contributed by atoms with Crippen molar-refractivity contribution in [3.8, 4) is 0 Å². The molecule has 0 unspecified atom stereocenters. The molecule has 1 aromatic carbocycles. The average Bonchev–Trinajstić information content (AvgIpc) is 2.85. The molecule has 0 radical (unpaired) electrons. The lowest BCUT2D eigenvalue weighted by molar-refractivity contribution is 0.185. The standard InChI is InChI=1S/C11H11BrN2O/c12-10-3-1-2-8-6-13-14(11(8)10)9-4-5-15-7-9/h1-3,6,9H,4-5,7H2/t9-/m0/s1. The molecule has 0 spiro atoms. The van der Waals surface area contributed by atoms with Gasteiger partial charge in [0.2, 0.25) is 0 Å². The van der Waals surface area contributed by atoms with Gasteiger partial charge in [-0.2, -0.15) is 5.10 Å². The number of rotatable bonds is 1. The summed E-state index contributed by atoms with van der Waals surface area (Å²) in [6, 6.07) is 6.56. The topological polar surface area (TPSA) is 27.1 Å². The highest BCUT2D eigenvalue weighted by Crippen LogP contribution is 2.28. The molecule has 15 heavy (non-hydrogen) atoms. The molecule has 1 aliphatic heterocycles. The summed E-state index contributed by atoms with van der Waals surface area (Å²) in [6.45, 7) is 1.62. The average molecular weight is 267 g/mol. The van der Waals surface area contributed by atoms with Gasteiger partial charge in [0.25, 0.3) is 0 Å². The summed E-state index contributed by atoms with van der Waals surface area (Å²) < 4.78 is 8.57. The van der Waals surface area contributed by atoms with E-state index < -0.39 is 0 Å². The van der Waals surface area contributed by atoms with Crippen LogP contribution in [0.4, 0.5) is 0 Å². The number of para-hydroxylation sites is 1. The highest BCUT2D eigenvalue weighted by atomic mass is 79.9. The van der Waals surface area contributed by atoms with E-state index in [2.05, 4.69) is 37.8 Å². The quantitative estimate of drug-likeness (QED) is 0.794. The number of hydrogen-bond donors (Lipinski definition) is 0. The first-order valence-electron chi connectivity index (χ1n) is 5.06. The van der Waals surface area contributed by atoms with Crippen molar-refractivity contribution in [3.63, 3.8) is 0 Å². The van der Waals surface area contributed by atoms with E-state index in [9.17, 15) is 0 Å². The highest BCUT2D eigenvalue weighted by molar-refractivity contribution is 9.10. The van der Waals surface area contributed by atoms with E-state index in [1.54, 1.807) is 0 Å². The molecule has 0 amide bonds. The van der Waals surface area contributed by atoms with Crippen LogP contribution < -0.4 is 0 Å². The van der Waals surface area contributed by atoms with Gasteiger partial charge in [-0.15, -0.1) is 0 Å². The molecule has 1 atom stereocenters. The summed E-state index contributed by atoms with van der Waals surface area (Å²) in [6.07, 6.45) is 2.97. The molecule has 0 saturated carbocycles. The second-order valence-electron chi connectivity index (χ2n) is 3.78. The second kappa shape index (κ2) is 3.61. The molecule has 0 N–H and O–H groups in total. The number of nitrogens with zero attached hydrogens (tertiary/aromatic N) is 2. The van der Waals surface area contributed by atoms with Crippen LogP contribution in [0, 0.1) is 0 Å². The molecule has 4 heteroatoms. The Morgan fingerprint density at radius 2 is 2.40 bits per heavy atom. The fraction of sp³-hybridized carbons (Fsp3) is 0.364. The number of aromatic nitrogens is 2. The van der Waals surface area contributed by atoms with E-state index in [0.29, 0.717) is 6.04 Å². The number of halogens is 1. The number of hydrogen-bond acceptors (Lipinski definition) is 2. The zero-order chi connectivity index (χ0) is 10.3. The lowest BCUT2D eigenvalue weighted by Gasteiger charge is -2.10. The number of fused-ring (bicyclic) bond motifs is 1. The zero-order valence-corrected chi connectivity index (χ0v) is 9.77. The van der Waals surface area contributed by atoms with Gasteiger partial charge in [0.15, 0.2) is 0 Å². The van der Waals surface area contributed by atoms with Crippen molar-refractivity contribution in [2.45, 2.75) is 12.5 Å². The van der Waals surface area contributed by atoms with Crippen molar-refractivity contribution in [2.75, 3.05) is 13.2 Å². The summed E-state index contributed by atoms with van der Waals surface area (Å²) in [5.41, 5.74) is 1.17. The first-order chi connectivity index (χ1) is 7.36. The van der Waals surface area contributed by atoms with Crippen LogP contribution in [0.15, 0.2) is 28.9 Å². The van der Waals surface area contributed by atoms with E-state index in [-0.39, 0.29) is 0 Å². The Bertz CT molecular complexity index is 488. The maximum atomic E-state index is 5.39. The van der Waals surface area contributed by atoms with Crippen LogP contribution in [-0.2, 0) is 4.74 Å². The Morgan fingerprint density at radius 1 is 1.47 bits per heavy atom. The SMILES string of the molecule is Brc1cccc2cnn([C@H]3CCOC3)c12. The number of ether oxygens (including phenoxy) is 1. The largest absolute Gasteiger partial charge is 0.379 e. The van der Waals surface area contributed by atoms with Gasteiger partial charge in [0.05, 0.1) is 24.4 Å². The minimum atomic E-state index is 0.390. The fourth-order valence-corrected chi connectivity index (χ4v) is 2.62. The first kappa shape index (κ1) is 9.36. The van der Waals surface area contributed by atoms with Crippen molar-refractivity contribution in [2.24, 2.45) is 0 Å². The Morgan fingerprint density at radius 3 is 3.20 bits per heavy atom. The Hall–Kier alpha value is -0.870. The van der Waals surface area contributed by atoms with Crippen molar-refractivity contribution < 1.29 is 4.74 Å². The molecule has 0 bridgehead atoms. The van der Waals surface area contributed by atoms with E-state index >= 15 is 0 Å². The maximum absolute atomic E-state index is 5.39. The molecule has 3 nitrogen and oxygen atoms in total. The molecule has 2 aromatic rings. The van der Waals surface area contributed by atoms with Crippen molar-refractivity contribution in [3.05, 3.63) is 28.9 Å². The third-order valence-electron chi connectivity index (χ3n) is 2.82. The molecule has 1 saturated heterocycles. The Balaban J connectivity index is 2.18. The van der Waals surface area contributed by atoms with E-state index in [1.165, 1.54) is 10.9 Å². The van der Waals surface area contributed by atoms with E-state index in [1.807, 2.05) is 12.3 Å². The Kier molecular flexibility index (Phi) is 2.25. The molecule has 2 heterocycles. The van der Waals surface area contributed by atoms with Gasteiger partial charge in [-0.3, -0.25) is 4.68 Å². The molecule has 0 aliphatic carbocycles. The van der Waals surface area contributed by atoms with Gasteiger partial charge in [0.1, 0.15) is 0 Å². The summed E-state index contributed by atoms with van der Waals surface area (Å²) in [4.78, 5) is 0. The van der Waals surface area contributed by atoms with E-state index in [4.69, 9.17) is 4.74 Å². The van der Waals surface area contributed by atoms with Gasteiger partial charge in [-0.25, -0.2) is 0 Å². The van der Waals surface area contributed by atoms with Gasteiger partial charge >= 0.3 is 0 Å². The van der Waals surface area contributed by atoms with Crippen molar-refractivity contribution >= 4 is 26.8 Å². The minimum Gasteiger partial charge on any atom is -0.379 e. The normalized spacial score (nSPS) is 21.3. The van der Waals surface area contributed by atoms with Gasteiger partial charge in [-0.05, 0) is 28.4 Å². The predicted molar refractivity (Wildman–Crippen MR) is 61.9 cm³/mol. The molecule has 1 aliphatic rings. The minimum absolute atomic E-state index is 0.390. The predicted octanol–water partition coefficient (Wildman–Crippen LogP) is 2.76. The highest BCUT2D eigenvalue weighted by Gasteiger charge is 2.20. The van der Waals surface area contributed by atoms with E-state index in [0.717, 1.165) is 24.1 Å². The second-order valence-corrected chi connectivity index (χ2v) is 4.64. The monoisotopic (exact) mass is 266 g/mol. The van der Waals surface area contributed by atoms with Gasteiger partial charge in [-0.1, -0.05) is 12.1 Å².